The molecule has 0 aliphatic heterocycles. The van der Waals surface area contributed by atoms with Crippen LogP contribution < -0.4 is 5.32 Å². The van der Waals surface area contributed by atoms with Gasteiger partial charge in [0.05, 0.1) is 5.69 Å². The second kappa shape index (κ2) is 7.45. The van der Waals surface area contributed by atoms with Crippen LogP contribution in [0.1, 0.15) is 32.6 Å². The largest absolute Gasteiger partial charge is 0.476 e. The first-order valence-corrected chi connectivity index (χ1v) is 8.51. The minimum absolute atomic E-state index is 0.0461. The number of benzene rings is 1. The lowest BCUT2D eigenvalue weighted by atomic mass is 10.2. The average molecular weight is 367 g/mol. The van der Waals surface area contributed by atoms with E-state index < -0.39 is 11.9 Å². The van der Waals surface area contributed by atoms with Gasteiger partial charge in [-0.05, 0) is 6.92 Å². The van der Waals surface area contributed by atoms with Crippen molar-refractivity contribution >= 4 is 11.9 Å². The number of rotatable bonds is 6. The maximum absolute atomic E-state index is 12.4. The van der Waals surface area contributed by atoms with Gasteiger partial charge in [-0.3, -0.25) is 4.79 Å². The van der Waals surface area contributed by atoms with Crippen molar-refractivity contribution in [1.82, 2.24) is 24.4 Å². The zero-order valence-electron chi connectivity index (χ0n) is 15.4. The Balaban J connectivity index is 1.68. The molecule has 140 valence electrons. The predicted molar refractivity (Wildman–Crippen MR) is 99.6 cm³/mol. The number of aromatic nitrogens is 4. The molecule has 0 fully saturated rings. The number of carboxylic acids is 1. The van der Waals surface area contributed by atoms with Gasteiger partial charge < -0.3 is 19.6 Å². The molecule has 0 aliphatic carbocycles. The Morgan fingerprint density at radius 1 is 1.15 bits per heavy atom. The molecule has 0 unspecified atom stereocenters. The molecule has 1 amide bonds. The lowest BCUT2D eigenvalue weighted by molar-refractivity contribution is 0.0684. The van der Waals surface area contributed by atoms with Crippen molar-refractivity contribution < 1.29 is 14.7 Å². The minimum atomic E-state index is -1.22. The SMILES string of the molecule is Cc1nc(C(=O)O)c(C(=O)NCCc2nc(-c3ccccc3)cn2C)n1C. The Hall–Kier alpha value is -3.42. The quantitative estimate of drug-likeness (QED) is 0.692. The van der Waals surface area contributed by atoms with Crippen LogP contribution in [0.5, 0.6) is 0 Å². The summed E-state index contributed by atoms with van der Waals surface area (Å²) in [4.78, 5) is 32.3. The van der Waals surface area contributed by atoms with Crippen LogP contribution in [0.2, 0.25) is 0 Å². The highest BCUT2D eigenvalue weighted by Crippen LogP contribution is 2.17. The Kier molecular flexibility index (Phi) is 5.07. The number of aromatic carboxylic acids is 1. The molecule has 0 saturated heterocycles. The van der Waals surface area contributed by atoms with Gasteiger partial charge in [0.25, 0.3) is 5.91 Å². The number of amides is 1. The highest BCUT2D eigenvalue weighted by molar-refractivity contribution is 6.02. The molecule has 0 radical (unpaired) electrons. The summed E-state index contributed by atoms with van der Waals surface area (Å²) < 4.78 is 3.40. The van der Waals surface area contributed by atoms with Gasteiger partial charge in [0, 0.05) is 38.8 Å². The fourth-order valence-electron chi connectivity index (χ4n) is 2.88. The molecule has 8 nitrogen and oxygen atoms in total. The van der Waals surface area contributed by atoms with Crippen LogP contribution in [0.25, 0.3) is 11.3 Å². The van der Waals surface area contributed by atoms with E-state index in [9.17, 15) is 14.7 Å². The molecule has 2 aromatic heterocycles. The fraction of sp³-hybridized carbons (Fsp3) is 0.263. The van der Waals surface area contributed by atoms with E-state index in [0.29, 0.717) is 18.8 Å². The Morgan fingerprint density at radius 2 is 1.85 bits per heavy atom. The summed E-state index contributed by atoms with van der Waals surface area (Å²) in [7, 11) is 3.53. The normalized spacial score (nSPS) is 10.8. The molecule has 2 heterocycles. The lowest BCUT2D eigenvalue weighted by Crippen LogP contribution is -2.29. The van der Waals surface area contributed by atoms with Crippen molar-refractivity contribution in [1.29, 1.82) is 0 Å². The van der Waals surface area contributed by atoms with E-state index in [1.165, 1.54) is 4.57 Å². The summed E-state index contributed by atoms with van der Waals surface area (Å²) in [6, 6.07) is 9.85. The topological polar surface area (TPSA) is 102 Å². The maximum atomic E-state index is 12.4. The number of carbonyl (C=O) groups is 2. The number of hydrogen-bond acceptors (Lipinski definition) is 4. The number of aryl methyl sites for hydroxylation is 2. The van der Waals surface area contributed by atoms with E-state index >= 15 is 0 Å². The third kappa shape index (κ3) is 3.74. The van der Waals surface area contributed by atoms with E-state index in [1.807, 2.05) is 48.1 Å². The summed E-state index contributed by atoms with van der Waals surface area (Å²) in [5, 5.41) is 12.0. The van der Waals surface area contributed by atoms with Crippen molar-refractivity contribution in [2.24, 2.45) is 14.1 Å². The van der Waals surface area contributed by atoms with Gasteiger partial charge in [-0.25, -0.2) is 14.8 Å². The van der Waals surface area contributed by atoms with E-state index in [0.717, 1.165) is 17.1 Å². The van der Waals surface area contributed by atoms with Crippen molar-refractivity contribution in [2.45, 2.75) is 13.3 Å². The van der Waals surface area contributed by atoms with Crippen LogP contribution in [-0.4, -0.2) is 42.6 Å². The predicted octanol–water partition coefficient (Wildman–Crippen LogP) is 1.80. The van der Waals surface area contributed by atoms with Gasteiger partial charge in [0.1, 0.15) is 17.3 Å². The van der Waals surface area contributed by atoms with Crippen molar-refractivity contribution in [2.75, 3.05) is 6.54 Å². The standard InChI is InChI=1S/C19H21N5O3/c1-12-21-16(19(26)27)17(24(12)3)18(25)20-10-9-15-22-14(11-23(15)2)13-7-5-4-6-8-13/h4-8,11H,9-10H2,1-3H3,(H,20,25)(H,26,27). The first-order chi connectivity index (χ1) is 12.9. The van der Waals surface area contributed by atoms with Crippen LogP contribution in [-0.2, 0) is 20.5 Å². The van der Waals surface area contributed by atoms with E-state index in [2.05, 4.69) is 15.3 Å². The second-order valence-electron chi connectivity index (χ2n) is 6.25. The number of carboxylic acid groups (broad SMARTS) is 1. The summed E-state index contributed by atoms with van der Waals surface area (Å²) in [5.41, 5.74) is 1.70. The molecule has 0 aliphatic rings. The van der Waals surface area contributed by atoms with Gasteiger partial charge in [0.15, 0.2) is 5.69 Å². The van der Waals surface area contributed by atoms with E-state index in [-0.39, 0.29) is 11.4 Å². The van der Waals surface area contributed by atoms with Crippen LogP contribution in [0.15, 0.2) is 36.5 Å². The summed E-state index contributed by atoms with van der Waals surface area (Å²) in [6.45, 7) is 1.99. The average Bonchev–Trinajstić information content (AvgIpc) is 3.16. The first kappa shape index (κ1) is 18.4. The Bertz CT molecular complexity index is 988. The van der Waals surface area contributed by atoms with Gasteiger partial charge >= 0.3 is 5.97 Å². The fourth-order valence-corrected chi connectivity index (χ4v) is 2.88. The van der Waals surface area contributed by atoms with Gasteiger partial charge in [-0.15, -0.1) is 0 Å². The molecular formula is C19H21N5O3. The van der Waals surface area contributed by atoms with E-state index in [4.69, 9.17) is 0 Å². The molecule has 3 aromatic rings. The number of carbonyl (C=O) groups excluding carboxylic acids is 1. The third-order valence-electron chi connectivity index (χ3n) is 4.41. The van der Waals surface area contributed by atoms with Crippen LogP contribution in [0, 0.1) is 6.92 Å². The van der Waals surface area contributed by atoms with Crippen LogP contribution in [0.3, 0.4) is 0 Å². The highest BCUT2D eigenvalue weighted by Gasteiger charge is 2.24. The van der Waals surface area contributed by atoms with Crippen molar-refractivity contribution in [3.8, 4) is 11.3 Å². The zero-order chi connectivity index (χ0) is 19.6. The van der Waals surface area contributed by atoms with Gasteiger partial charge in [-0.1, -0.05) is 30.3 Å². The molecule has 0 atom stereocenters. The Morgan fingerprint density at radius 3 is 2.52 bits per heavy atom. The first-order valence-electron chi connectivity index (χ1n) is 8.51. The number of nitrogens with one attached hydrogen (secondary N) is 1. The van der Waals surface area contributed by atoms with Crippen LogP contribution >= 0.6 is 0 Å². The van der Waals surface area contributed by atoms with E-state index in [1.54, 1.807) is 14.0 Å². The summed E-state index contributed by atoms with van der Waals surface area (Å²) in [6.07, 6.45) is 2.47. The molecule has 0 saturated carbocycles. The molecule has 1 aromatic carbocycles. The molecule has 8 heteroatoms. The third-order valence-corrected chi connectivity index (χ3v) is 4.41. The molecule has 2 N–H and O–H groups in total. The van der Waals surface area contributed by atoms with Crippen molar-refractivity contribution in [3.05, 3.63) is 59.6 Å². The van der Waals surface area contributed by atoms with Crippen LogP contribution in [0.4, 0.5) is 0 Å². The number of nitrogens with zero attached hydrogens (tertiary/aromatic N) is 4. The highest BCUT2D eigenvalue weighted by atomic mass is 16.4. The Labute approximate surface area is 156 Å². The second-order valence-corrected chi connectivity index (χ2v) is 6.25. The smallest absolute Gasteiger partial charge is 0.356 e. The van der Waals surface area contributed by atoms with Gasteiger partial charge in [-0.2, -0.15) is 0 Å². The minimum Gasteiger partial charge on any atom is -0.476 e. The number of hydrogen-bond donors (Lipinski definition) is 2. The molecule has 27 heavy (non-hydrogen) atoms. The zero-order valence-corrected chi connectivity index (χ0v) is 15.4. The molecule has 0 spiro atoms. The maximum Gasteiger partial charge on any atom is 0.356 e. The molecule has 0 bridgehead atoms. The monoisotopic (exact) mass is 367 g/mol. The van der Waals surface area contributed by atoms with Crippen molar-refractivity contribution in [3.63, 3.8) is 0 Å². The number of imidazole rings is 2. The summed E-state index contributed by atoms with van der Waals surface area (Å²) in [5.74, 6) is -0.392. The van der Waals surface area contributed by atoms with Gasteiger partial charge in [0.2, 0.25) is 0 Å². The summed E-state index contributed by atoms with van der Waals surface area (Å²) >= 11 is 0. The molecular weight excluding hydrogens is 346 g/mol. The lowest BCUT2D eigenvalue weighted by Gasteiger charge is -2.07. The molecule has 3 rings (SSSR count).